The molecule has 2 N–H and O–H groups in total. The Kier molecular flexibility index (Phi) is 5.91. The molecule has 1 aromatic heterocycles. The van der Waals surface area contributed by atoms with Gasteiger partial charge in [0.15, 0.2) is 0 Å². The van der Waals surface area contributed by atoms with Crippen LogP contribution < -0.4 is 10.6 Å². The second kappa shape index (κ2) is 8.20. The molecule has 0 spiro atoms. The standard InChI is InChI=1S/C22H25F5N4O4S/c1-13(15-5-4-6-16(9-15)36(23,24,25,26)27)28-20-19(21-34-7-8-35-21)17(29-14(2)30-20)10-18(32)31-22(3)11-33-12-22/h4-9,13,21H,10-12H2,1-3H3,(H,31,32)(H,28,29,30)/t13-/m1/s1. The predicted octanol–water partition coefficient (Wildman–Crippen LogP) is 5.58. The molecule has 2 aliphatic heterocycles. The summed E-state index contributed by atoms with van der Waals surface area (Å²) in [6.45, 7) is 5.64. The predicted molar refractivity (Wildman–Crippen MR) is 122 cm³/mol. The first kappa shape index (κ1) is 25.9. The van der Waals surface area contributed by atoms with Gasteiger partial charge in [-0.05, 0) is 38.5 Å². The van der Waals surface area contributed by atoms with Gasteiger partial charge >= 0.3 is 10.2 Å². The summed E-state index contributed by atoms with van der Waals surface area (Å²) < 4.78 is 82.7. The minimum absolute atomic E-state index is 0.0495. The normalized spacial score (nSPS) is 19.8. The van der Waals surface area contributed by atoms with Crippen LogP contribution in [0.4, 0.5) is 25.2 Å². The van der Waals surface area contributed by atoms with E-state index in [-0.39, 0.29) is 40.8 Å². The van der Waals surface area contributed by atoms with Gasteiger partial charge in [0, 0.05) is 0 Å². The van der Waals surface area contributed by atoms with Crippen LogP contribution in [0.5, 0.6) is 0 Å². The lowest BCUT2D eigenvalue weighted by Crippen LogP contribution is -2.60. The summed E-state index contributed by atoms with van der Waals surface area (Å²) >= 11 is 0. The Morgan fingerprint density at radius 1 is 1.17 bits per heavy atom. The number of ether oxygens (including phenoxy) is 3. The first-order chi connectivity index (χ1) is 16.5. The second-order valence-electron chi connectivity index (χ2n) is 9.04. The van der Waals surface area contributed by atoms with Crippen LogP contribution in [0.25, 0.3) is 0 Å². The van der Waals surface area contributed by atoms with Crippen molar-refractivity contribution in [3.8, 4) is 0 Å². The van der Waals surface area contributed by atoms with Crippen LogP contribution in [-0.2, 0) is 25.4 Å². The SMILES string of the molecule is Cc1nc(CC(=O)NC2(C)COC2)c(C2OC=CO2)c(N[C@H](C)c2cccc(S(F)(F)(F)(F)F)c2)n1. The van der Waals surface area contributed by atoms with E-state index in [0.29, 0.717) is 25.3 Å². The first-order valence-corrected chi connectivity index (χ1v) is 12.8. The Bertz CT molecular complexity index is 1210. The summed E-state index contributed by atoms with van der Waals surface area (Å²) in [5.41, 5.74) is -0.0175. The zero-order chi connectivity index (χ0) is 26.4. The smallest absolute Gasteiger partial charge is 0.310 e. The molecule has 14 heteroatoms. The fourth-order valence-corrected chi connectivity index (χ4v) is 4.53. The van der Waals surface area contributed by atoms with E-state index in [0.717, 1.165) is 6.07 Å². The van der Waals surface area contributed by atoms with Crippen LogP contribution in [0.1, 0.15) is 48.8 Å². The zero-order valence-electron chi connectivity index (χ0n) is 19.6. The van der Waals surface area contributed by atoms with Crippen LogP contribution in [0.2, 0.25) is 0 Å². The van der Waals surface area contributed by atoms with Crippen molar-refractivity contribution in [2.75, 3.05) is 18.5 Å². The number of hydrogen-bond acceptors (Lipinski definition) is 7. The minimum Gasteiger partial charge on any atom is -0.455 e. The molecule has 36 heavy (non-hydrogen) atoms. The summed E-state index contributed by atoms with van der Waals surface area (Å²) in [4.78, 5) is 19.4. The van der Waals surface area contributed by atoms with Crippen molar-refractivity contribution in [3.63, 3.8) is 0 Å². The van der Waals surface area contributed by atoms with E-state index in [1.807, 2.05) is 6.92 Å². The number of aryl methyl sites for hydroxylation is 1. The topological polar surface area (TPSA) is 94.6 Å². The second-order valence-corrected chi connectivity index (χ2v) is 11.5. The van der Waals surface area contributed by atoms with Crippen molar-refractivity contribution >= 4 is 21.9 Å². The largest absolute Gasteiger partial charge is 0.455 e. The molecule has 0 radical (unpaired) electrons. The van der Waals surface area contributed by atoms with Gasteiger partial charge in [-0.25, -0.2) is 9.97 Å². The number of nitrogens with zero attached hydrogens (tertiary/aromatic N) is 2. The quantitative estimate of drug-likeness (QED) is 0.426. The molecule has 1 saturated heterocycles. The van der Waals surface area contributed by atoms with E-state index in [1.54, 1.807) is 6.92 Å². The highest BCUT2D eigenvalue weighted by Crippen LogP contribution is 3.02. The van der Waals surface area contributed by atoms with Crippen molar-refractivity contribution < 1.29 is 38.4 Å². The van der Waals surface area contributed by atoms with Gasteiger partial charge in [0.1, 0.15) is 29.1 Å². The number of benzene rings is 1. The molecule has 1 aromatic carbocycles. The lowest BCUT2D eigenvalue weighted by Gasteiger charge is -2.40. The average molecular weight is 537 g/mol. The molecule has 0 unspecified atom stereocenters. The minimum atomic E-state index is -9.86. The molecular formula is C22H25F5N4O4S. The monoisotopic (exact) mass is 536 g/mol. The molecule has 2 aliphatic rings. The fourth-order valence-electron chi connectivity index (χ4n) is 3.83. The third kappa shape index (κ3) is 5.81. The summed E-state index contributed by atoms with van der Waals surface area (Å²) in [5, 5.41) is 5.82. The highest BCUT2D eigenvalue weighted by molar-refractivity contribution is 8.45. The van der Waals surface area contributed by atoms with Crippen molar-refractivity contribution in [2.24, 2.45) is 0 Å². The third-order valence-corrected chi connectivity index (χ3v) is 6.74. The van der Waals surface area contributed by atoms with Crippen LogP contribution >= 0.6 is 10.2 Å². The van der Waals surface area contributed by atoms with Crippen molar-refractivity contribution in [1.29, 1.82) is 0 Å². The van der Waals surface area contributed by atoms with Gasteiger partial charge in [0.2, 0.25) is 5.91 Å². The third-order valence-electron chi connectivity index (χ3n) is 5.60. The Morgan fingerprint density at radius 2 is 1.83 bits per heavy atom. The maximum Gasteiger partial charge on any atom is 0.310 e. The number of carbonyl (C=O) groups excluding carboxylic acids is 1. The molecule has 3 heterocycles. The number of hydrogen-bond donors (Lipinski definition) is 2. The van der Waals surface area contributed by atoms with Gasteiger partial charge in [-0.3, -0.25) is 4.79 Å². The highest BCUT2D eigenvalue weighted by Gasteiger charge is 2.65. The number of anilines is 1. The molecule has 8 nitrogen and oxygen atoms in total. The average Bonchev–Trinajstić information content (AvgIpc) is 3.25. The molecule has 1 atom stereocenters. The van der Waals surface area contributed by atoms with E-state index in [9.17, 15) is 24.2 Å². The molecule has 198 valence electrons. The molecule has 1 fully saturated rings. The van der Waals surface area contributed by atoms with Crippen LogP contribution in [0, 0.1) is 6.92 Å². The maximum absolute atomic E-state index is 13.3. The Balaban J connectivity index is 1.65. The van der Waals surface area contributed by atoms with Crippen molar-refractivity contribution in [2.45, 2.75) is 50.0 Å². The molecule has 2 aromatic rings. The van der Waals surface area contributed by atoms with E-state index >= 15 is 0 Å². The lowest BCUT2D eigenvalue weighted by atomic mass is 10.00. The van der Waals surface area contributed by atoms with Crippen molar-refractivity contribution in [1.82, 2.24) is 15.3 Å². The van der Waals surface area contributed by atoms with Gasteiger partial charge in [-0.1, -0.05) is 31.6 Å². The molecule has 1 amide bonds. The van der Waals surface area contributed by atoms with Crippen LogP contribution in [0.3, 0.4) is 0 Å². The number of nitrogens with one attached hydrogen (secondary N) is 2. The number of halogens is 5. The maximum atomic E-state index is 13.3. The molecule has 4 rings (SSSR count). The lowest BCUT2D eigenvalue weighted by molar-refractivity contribution is -0.130. The zero-order valence-corrected chi connectivity index (χ0v) is 20.4. The van der Waals surface area contributed by atoms with Crippen LogP contribution in [0.15, 0.2) is 41.7 Å². The summed E-state index contributed by atoms with van der Waals surface area (Å²) in [7, 11) is -9.86. The molecule has 0 bridgehead atoms. The molecule has 0 saturated carbocycles. The van der Waals surface area contributed by atoms with Gasteiger partial charge in [-0.2, -0.15) is 0 Å². The summed E-state index contributed by atoms with van der Waals surface area (Å²) in [5.74, 6) is 0.0530. The van der Waals surface area contributed by atoms with Gasteiger partial charge < -0.3 is 24.8 Å². The van der Waals surface area contributed by atoms with Gasteiger partial charge in [-0.15, -0.1) is 0 Å². The summed E-state index contributed by atoms with van der Waals surface area (Å²) in [6.07, 6.45) is 1.38. The fraction of sp³-hybridized carbons (Fsp3) is 0.409. The van der Waals surface area contributed by atoms with E-state index in [2.05, 4.69) is 20.6 Å². The number of aromatic nitrogens is 2. The number of amides is 1. The Hall–Kier alpha value is -3.13. The van der Waals surface area contributed by atoms with Gasteiger partial charge in [0.05, 0.1) is 42.5 Å². The van der Waals surface area contributed by atoms with Crippen molar-refractivity contribution in [3.05, 3.63) is 59.4 Å². The van der Waals surface area contributed by atoms with Crippen LogP contribution in [-0.4, -0.2) is 34.6 Å². The Morgan fingerprint density at radius 3 is 2.42 bits per heavy atom. The Labute approximate surface area is 204 Å². The number of rotatable bonds is 8. The van der Waals surface area contributed by atoms with E-state index in [4.69, 9.17) is 14.2 Å². The van der Waals surface area contributed by atoms with E-state index in [1.165, 1.54) is 25.5 Å². The summed E-state index contributed by atoms with van der Waals surface area (Å²) in [6, 6.07) is 2.07. The number of carbonyl (C=O) groups is 1. The highest BCUT2D eigenvalue weighted by atomic mass is 32.5. The molecular weight excluding hydrogens is 511 g/mol. The van der Waals surface area contributed by atoms with Gasteiger partial charge in [0.25, 0.3) is 6.29 Å². The molecule has 0 aliphatic carbocycles. The first-order valence-electron chi connectivity index (χ1n) is 10.9. The van der Waals surface area contributed by atoms with E-state index < -0.39 is 33.0 Å².